The van der Waals surface area contributed by atoms with Crippen molar-refractivity contribution in [2.75, 3.05) is 6.54 Å². The van der Waals surface area contributed by atoms with Crippen molar-refractivity contribution in [3.63, 3.8) is 0 Å². The van der Waals surface area contributed by atoms with Crippen LogP contribution < -0.4 is 0 Å². The first-order chi connectivity index (χ1) is 13.2. The maximum absolute atomic E-state index is 13.1. The minimum Gasteiger partial charge on any atom is -0.356 e. The predicted molar refractivity (Wildman–Crippen MR) is 110 cm³/mol. The van der Waals surface area contributed by atoms with Gasteiger partial charge in [0.1, 0.15) is 6.04 Å². The Morgan fingerprint density at radius 1 is 1.15 bits per heavy atom. The summed E-state index contributed by atoms with van der Waals surface area (Å²) in [5.74, 6) is 0.0664. The Balaban J connectivity index is 1.74. The fourth-order valence-corrected chi connectivity index (χ4v) is 4.81. The molecule has 1 amide bonds. The molecule has 0 unspecified atom stereocenters. The molecule has 2 aliphatic heterocycles. The molecule has 1 saturated heterocycles. The van der Waals surface area contributed by atoms with Crippen LogP contribution in [0.4, 0.5) is 0 Å². The van der Waals surface area contributed by atoms with Gasteiger partial charge in [-0.3, -0.25) is 9.69 Å². The summed E-state index contributed by atoms with van der Waals surface area (Å²) in [6, 6.07) is 18.2. The second-order valence-electron chi connectivity index (χ2n) is 7.02. The molecule has 2 atom stereocenters. The zero-order valence-corrected chi connectivity index (χ0v) is 15.6. The highest BCUT2D eigenvalue weighted by Crippen LogP contribution is 2.43. The van der Waals surface area contributed by atoms with E-state index in [9.17, 15) is 4.79 Å². The average molecular weight is 373 g/mol. The van der Waals surface area contributed by atoms with Crippen LogP contribution in [0.1, 0.15) is 22.9 Å². The summed E-state index contributed by atoms with van der Waals surface area (Å²) >= 11 is 5.74. The number of benzene rings is 2. The first kappa shape index (κ1) is 16.3. The highest BCUT2D eigenvalue weighted by molar-refractivity contribution is 7.80. The number of hydrogen-bond donors (Lipinski definition) is 1. The predicted octanol–water partition coefficient (Wildman–Crippen LogP) is 3.80. The van der Waals surface area contributed by atoms with Crippen molar-refractivity contribution < 1.29 is 4.79 Å². The highest BCUT2D eigenvalue weighted by Gasteiger charge is 2.49. The van der Waals surface area contributed by atoms with E-state index in [0.717, 1.165) is 16.8 Å². The molecule has 4 nitrogen and oxygen atoms in total. The quantitative estimate of drug-likeness (QED) is 0.561. The molecule has 0 radical (unpaired) electrons. The van der Waals surface area contributed by atoms with E-state index in [2.05, 4.69) is 40.7 Å². The standard InChI is InChI=1S/C22H19N3OS/c1-2-12-24-21(26)18-13-16-15-10-6-7-11-17(15)23-19(16)20(25(18)22(24)27)14-8-4-3-5-9-14/h2-11,18,20,23H,1,12-13H2/t18-,20-/m0/s1. The number of carbonyl (C=O) groups is 1. The molecule has 2 aliphatic rings. The third kappa shape index (κ3) is 2.28. The number of aromatic amines is 1. The third-order valence-electron chi connectivity index (χ3n) is 5.56. The lowest BCUT2D eigenvalue weighted by molar-refractivity contribution is -0.128. The fraction of sp³-hybridized carbons (Fsp3) is 0.182. The molecule has 0 aliphatic carbocycles. The molecule has 0 saturated carbocycles. The Kier molecular flexibility index (Phi) is 3.65. The molecule has 27 heavy (non-hydrogen) atoms. The van der Waals surface area contributed by atoms with Crippen LogP contribution in [0.15, 0.2) is 67.3 Å². The molecule has 0 bridgehead atoms. The zero-order valence-electron chi connectivity index (χ0n) is 14.8. The number of amides is 1. The lowest BCUT2D eigenvalue weighted by Gasteiger charge is -2.37. The second kappa shape index (κ2) is 6.06. The Labute approximate surface area is 163 Å². The van der Waals surface area contributed by atoms with E-state index in [-0.39, 0.29) is 18.0 Å². The Bertz CT molecular complexity index is 1070. The third-order valence-corrected chi connectivity index (χ3v) is 5.99. The number of fused-ring (bicyclic) bond motifs is 4. The molecule has 5 heteroatoms. The fourth-order valence-electron chi connectivity index (χ4n) is 4.41. The number of hydrogen-bond acceptors (Lipinski definition) is 2. The molecule has 1 N–H and O–H groups in total. The smallest absolute Gasteiger partial charge is 0.252 e. The number of thiocarbonyl (C=S) groups is 1. The number of nitrogens with one attached hydrogen (secondary N) is 1. The van der Waals surface area contributed by atoms with E-state index >= 15 is 0 Å². The van der Waals surface area contributed by atoms with Gasteiger partial charge in [0.2, 0.25) is 0 Å². The largest absolute Gasteiger partial charge is 0.356 e. The van der Waals surface area contributed by atoms with Gasteiger partial charge in [-0.25, -0.2) is 0 Å². The van der Waals surface area contributed by atoms with Crippen molar-refractivity contribution in [2.45, 2.75) is 18.5 Å². The maximum atomic E-state index is 13.1. The van der Waals surface area contributed by atoms with Crippen LogP contribution in [0.5, 0.6) is 0 Å². The van der Waals surface area contributed by atoms with Gasteiger partial charge in [-0.15, -0.1) is 6.58 Å². The SMILES string of the molecule is C=CCN1C(=O)[C@@H]2Cc3c([nH]c4ccccc34)[C@H](c3ccccc3)N2C1=S. The number of carbonyl (C=O) groups excluding carboxylic acids is 1. The van der Waals surface area contributed by atoms with Gasteiger partial charge >= 0.3 is 0 Å². The molecule has 2 aromatic carbocycles. The highest BCUT2D eigenvalue weighted by atomic mass is 32.1. The Hall–Kier alpha value is -2.92. The van der Waals surface area contributed by atoms with E-state index in [0.29, 0.717) is 18.1 Å². The van der Waals surface area contributed by atoms with Crippen molar-refractivity contribution in [3.8, 4) is 0 Å². The number of nitrogens with zero attached hydrogens (tertiary/aromatic N) is 2. The molecule has 3 aromatic rings. The van der Waals surface area contributed by atoms with Crippen LogP contribution in [0.3, 0.4) is 0 Å². The van der Waals surface area contributed by atoms with E-state index in [1.165, 1.54) is 10.9 Å². The van der Waals surface area contributed by atoms with Crippen molar-refractivity contribution in [2.24, 2.45) is 0 Å². The minimum atomic E-state index is -0.269. The van der Waals surface area contributed by atoms with Gasteiger partial charge in [-0.05, 0) is 29.4 Å². The molecule has 1 aromatic heterocycles. The average Bonchev–Trinajstić information content (AvgIpc) is 3.18. The zero-order chi connectivity index (χ0) is 18.5. The molecule has 134 valence electrons. The van der Waals surface area contributed by atoms with Gasteiger partial charge in [-0.2, -0.15) is 0 Å². The van der Waals surface area contributed by atoms with Gasteiger partial charge in [-0.1, -0.05) is 54.6 Å². The summed E-state index contributed by atoms with van der Waals surface area (Å²) in [5, 5.41) is 1.78. The van der Waals surface area contributed by atoms with E-state index in [1.807, 2.05) is 30.3 Å². The molecular formula is C22H19N3OS. The van der Waals surface area contributed by atoms with Gasteiger partial charge in [0.25, 0.3) is 5.91 Å². The van der Waals surface area contributed by atoms with Crippen molar-refractivity contribution >= 4 is 34.1 Å². The van der Waals surface area contributed by atoms with Gasteiger partial charge in [0.05, 0.1) is 6.04 Å². The second-order valence-corrected chi connectivity index (χ2v) is 7.39. The van der Waals surface area contributed by atoms with E-state index in [1.54, 1.807) is 11.0 Å². The summed E-state index contributed by atoms with van der Waals surface area (Å²) in [5.41, 5.74) is 4.59. The van der Waals surface area contributed by atoms with Crippen LogP contribution >= 0.6 is 12.2 Å². The van der Waals surface area contributed by atoms with Gasteiger partial charge < -0.3 is 9.88 Å². The van der Waals surface area contributed by atoms with Crippen molar-refractivity contribution in [1.29, 1.82) is 0 Å². The van der Waals surface area contributed by atoms with Crippen LogP contribution in [0.2, 0.25) is 0 Å². The van der Waals surface area contributed by atoms with Crippen LogP contribution in [-0.2, 0) is 11.2 Å². The normalized spacial score (nSPS) is 21.5. The van der Waals surface area contributed by atoms with Crippen molar-refractivity contribution in [3.05, 3.63) is 84.1 Å². The molecule has 3 heterocycles. The summed E-state index contributed by atoms with van der Waals surface area (Å²) < 4.78 is 0. The van der Waals surface area contributed by atoms with Gasteiger partial charge in [0, 0.05) is 29.6 Å². The number of rotatable bonds is 3. The Morgan fingerprint density at radius 3 is 2.67 bits per heavy atom. The van der Waals surface area contributed by atoms with Crippen LogP contribution in [0, 0.1) is 0 Å². The summed E-state index contributed by atoms with van der Waals surface area (Å²) in [4.78, 5) is 20.5. The van der Waals surface area contributed by atoms with Gasteiger partial charge in [0.15, 0.2) is 5.11 Å². The molecular weight excluding hydrogens is 354 g/mol. The molecule has 1 fully saturated rings. The first-order valence-corrected chi connectivity index (χ1v) is 9.50. The summed E-state index contributed by atoms with van der Waals surface area (Å²) in [6.07, 6.45) is 2.39. The lowest BCUT2D eigenvalue weighted by atomic mass is 9.89. The lowest BCUT2D eigenvalue weighted by Crippen LogP contribution is -2.44. The topological polar surface area (TPSA) is 39.3 Å². The van der Waals surface area contributed by atoms with Crippen LogP contribution in [-0.4, -0.2) is 38.4 Å². The summed E-state index contributed by atoms with van der Waals surface area (Å²) in [7, 11) is 0. The first-order valence-electron chi connectivity index (χ1n) is 9.09. The van der Waals surface area contributed by atoms with E-state index in [4.69, 9.17) is 12.2 Å². The number of aromatic nitrogens is 1. The maximum Gasteiger partial charge on any atom is 0.252 e. The molecule has 5 rings (SSSR count). The summed E-state index contributed by atoms with van der Waals surface area (Å²) in [6.45, 7) is 4.23. The van der Waals surface area contributed by atoms with E-state index < -0.39 is 0 Å². The Morgan fingerprint density at radius 2 is 1.89 bits per heavy atom. The molecule has 0 spiro atoms. The van der Waals surface area contributed by atoms with Crippen LogP contribution in [0.25, 0.3) is 10.9 Å². The monoisotopic (exact) mass is 373 g/mol. The number of H-pyrrole nitrogens is 1. The number of para-hydroxylation sites is 1. The van der Waals surface area contributed by atoms with Crippen molar-refractivity contribution in [1.82, 2.24) is 14.8 Å². The minimum absolute atomic E-state index is 0.0664.